The lowest BCUT2D eigenvalue weighted by Gasteiger charge is -2.30. The van der Waals surface area contributed by atoms with Gasteiger partial charge in [0, 0.05) is 0 Å². The summed E-state index contributed by atoms with van der Waals surface area (Å²) in [7, 11) is 0. The summed E-state index contributed by atoms with van der Waals surface area (Å²) in [5, 5.41) is 5.67. The van der Waals surface area contributed by atoms with Gasteiger partial charge in [0.1, 0.15) is 25.3 Å². The number of fused-ring (bicyclic) bond motifs is 1. The van der Waals surface area contributed by atoms with Gasteiger partial charge in [-0.15, -0.1) is 0 Å². The molecule has 0 unspecified atom stereocenters. The highest BCUT2D eigenvalue weighted by Gasteiger charge is 2.51. The van der Waals surface area contributed by atoms with Crippen molar-refractivity contribution < 1.29 is 23.9 Å². The molecule has 1 aromatic carbocycles. The highest BCUT2D eigenvalue weighted by atomic mass is 16.6. The first-order valence-electron chi connectivity index (χ1n) is 9.81. The number of urea groups is 1. The number of nitrogens with one attached hydrogen (secondary N) is 2. The van der Waals surface area contributed by atoms with E-state index < -0.39 is 11.6 Å². The van der Waals surface area contributed by atoms with Crippen molar-refractivity contribution in [2.24, 2.45) is 0 Å². The van der Waals surface area contributed by atoms with Crippen molar-refractivity contribution in [2.75, 3.05) is 19.8 Å². The van der Waals surface area contributed by atoms with Gasteiger partial charge in [-0.2, -0.15) is 0 Å². The number of hydrogen-bond donors (Lipinski definition) is 2. The summed E-state index contributed by atoms with van der Waals surface area (Å²) in [5.41, 5.74) is 0.0513. The molecule has 2 N–H and O–H groups in total. The second kappa shape index (κ2) is 7.33. The van der Waals surface area contributed by atoms with Crippen LogP contribution in [-0.2, 0) is 9.59 Å². The maximum absolute atomic E-state index is 12.8. The number of benzene rings is 1. The molecule has 0 bridgehead atoms. The zero-order chi connectivity index (χ0) is 19.7. The number of imide groups is 1. The van der Waals surface area contributed by atoms with E-state index in [9.17, 15) is 14.4 Å². The zero-order valence-corrected chi connectivity index (χ0v) is 16.0. The lowest BCUT2D eigenvalue weighted by atomic mass is 9.82. The smallest absolute Gasteiger partial charge is 0.325 e. The van der Waals surface area contributed by atoms with Gasteiger partial charge >= 0.3 is 6.03 Å². The fourth-order valence-corrected chi connectivity index (χ4v) is 4.16. The summed E-state index contributed by atoms with van der Waals surface area (Å²) in [6.45, 7) is 2.58. The van der Waals surface area contributed by atoms with Crippen LogP contribution >= 0.6 is 0 Å². The van der Waals surface area contributed by atoms with Crippen LogP contribution in [0.15, 0.2) is 18.2 Å². The molecule has 1 aliphatic carbocycles. The number of hydrogen-bond acceptors (Lipinski definition) is 5. The van der Waals surface area contributed by atoms with Gasteiger partial charge in [-0.05, 0) is 37.5 Å². The molecule has 1 spiro atoms. The number of carbonyl (C=O) groups excluding carboxylic acids is 3. The van der Waals surface area contributed by atoms with Crippen molar-refractivity contribution >= 4 is 17.8 Å². The number of carbonyl (C=O) groups is 3. The van der Waals surface area contributed by atoms with Crippen molar-refractivity contribution in [3.63, 3.8) is 0 Å². The van der Waals surface area contributed by atoms with Crippen LogP contribution in [-0.4, -0.2) is 48.0 Å². The summed E-state index contributed by atoms with van der Waals surface area (Å²) in [5.74, 6) is 0.682. The minimum atomic E-state index is -0.808. The Kier molecular flexibility index (Phi) is 4.87. The molecule has 1 atom stereocenters. The number of nitrogens with zero attached hydrogens (tertiary/aromatic N) is 1. The highest BCUT2D eigenvalue weighted by molar-refractivity contribution is 6.09. The Morgan fingerprint density at radius 1 is 1.18 bits per heavy atom. The zero-order valence-electron chi connectivity index (χ0n) is 16.0. The molecule has 1 saturated carbocycles. The van der Waals surface area contributed by atoms with Crippen LogP contribution in [0.5, 0.6) is 11.5 Å². The molecule has 4 rings (SSSR count). The van der Waals surface area contributed by atoms with E-state index in [1.54, 1.807) is 0 Å². The maximum atomic E-state index is 12.8. The average molecular weight is 387 g/mol. The molecular weight excluding hydrogens is 362 g/mol. The molecule has 8 heteroatoms. The lowest BCUT2D eigenvalue weighted by molar-refractivity contribution is -0.136. The van der Waals surface area contributed by atoms with Gasteiger partial charge in [-0.1, -0.05) is 25.3 Å². The van der Waals surface area contributed by atoms with E-state index in [0.29, 0.717) is 37.6 Å². The Balaban J connectivity index is 1.39. The Labute approximate surface area is 163 Å². The van der Waals surface area contributed by atoms with Gasteiger partial charge in [0.2, 0.25) is 5.91 Å². The molecule has 3 aliphatic rings. The number of ether oxygens (including phenoxy) is 2. The normalized spacial score (nSPS) is 21.4. The van der Waals surface area contributed by atoms with E-state index in [0.717, 1.165) is 29.7 Å². The van der Waals surface area contributed by atoms with Gasteiger partial charge < -0.3 is 20.1 Å². The quantitative estimate of drug-likeness (QED) is 0.769. The van der Waals surface area contributed by atoms with E-state index in [-0.39, 0.29) is 24.4 Å². The molecule has 2 fully saturated rings. The summed E-state index contributed by atoms with van der Waals surface area (Å²) in [6, 6.07) is 4.74. The minimum absolute atomic E-state index is 0.276. The van der Waals surface area contributed by atoms with Crippen molar-refractivity contribution in [3.8, 4) is 11.5 Å². The predicted octanol–water partition coefficient (Wildman–Crippen LogP) is 1.89. The molecule has 4 amide bonds. The SMILES string of the molecule is C[C@@H](NC(=O)CN1C(=O)NC2(CCCCC2)C1=O)c1ccc2c(c1)OCCO2. The Morgan fingerprint density at radius 3 is 2.64 bits per heavy atom. The van der Waals surface area contributed by atoms with Crippen LogP contribution in [0.25, 0.3) is 0 Å². The fraction of sp³-hybridized carbons (Fsp3) is 0.550. The third-order valence-corrected chi connectivity index (χ3v) is 5.70. The van der Waals surface area contributed by atoms with Crippen LogP contribution in [0.3, 0.4) is 0 Å². The van der Waals surface area contributed by atoms with E-state index in [4.69, 9.17) is 9.47 Å². The summed E-state index contributed by atoms with van der Waals surface area (Å²) < 4.78 is 11.1. The molecule has 8 nitrogen and oxygen atoms in total. The van der Waals surface area contributed by atoms with Gasteiger partial charge in [0.15, 0.2) is 11.5 Å². The first-order valence-corrected chi connectivity index (χ1v) is 9.81. The molecule has 2 heterocycles. The third kappa shape index (κ3) is 3.39. The highest BCUT2D eigenvalue weighted by Crippen LogP contribution is 2.34. The first-order chi connectivity index (χ1) is 13.5. The van der Waals surface area contributed by atoms with Crippen LogP contribution in [0.2, 0.25) is 0 Å². The van der Waals surface area contributed by atoms with E-state index in [1.807, 2.05) is 25.1 Å². The van der Waals surface area contributed by atoms with Crippen LogP contribution in [0.4, 0.5) is 4.79 Å². The van der Waals surface area contributed by atoms with Crippen molar-refractivity contribution in [1.29, 1.82) is 0 Å². The molecule has 150 valence electrons. The second-order valence-electron chi connectivity index (χ2n) is 7.66. The standard InChI is InChI=1S/C20H25N3O5/c1-13(14-5-6-15-16(11-14)28-10-9-27-15)21-17(24)12-23-18(25)20(22-19(23)26)7-3-2-4-8-20/h5-6,11,13H,2-4,7-10,12H2,1H3,(H,21,24)(H,22,26)/t13-/m1/s1. The molecule has 0 aromatic heterocycles. The van der Waals surface area contributed by atoms with Gasteiger partial charge in [-0.3, -0.25) is 14.5 Å². The average Bonchev–Trinajstić information content (AvgIpc) is 2.92. The largest absolute Gasteiger partial charge is 0.486 e. The fourth-order valence-electron chi connectivity index (χ4n) is 4.16. The predicted molar refractivity (Wildman–Crippen MR) is 100 cm³/mol. The van der Waals surface area contributed by atoms with E-state index in [2.05, 4.69) is 10.6 Å². The van der Waals surface area contributed by atoms with Gasteiger partial charge in [0.25, 0.3) is 5.91 Å². The molecule has 2 aliphatic heterocycles. The maximum Gasteiger partial charge on any atom is 0.325 e. The van der Waals surface area contributed by atoms with Gasteiger partial charge in [-0.25, -0.2) is 4.79 Å². The second-order valence-corrected chi connectivity index (χ2v) is 7.66. The van der Waals surface area contributed by atoms with Crippen molar-refractivity contribution in [3.05, 3.63) is 23.8 Å². The van der Waals surface area contributed by atoms with Gasteiger partial charge in [0.05, 0.1) is 6.04 Å². The first kappa shape index (κ1) is 18.6. The van der Waals surface area contributed by atoms with Crippen molar-refractivity contribution in [1.82, 2.24) is 15.5 Å². The molecule has 1 aromatic rings. The number of rotatable bonds is 4. The summed E-state index contributed by atoms with van der Waals surface area (Å²) in [4.78, 5) is 38.6. The van der Waals surface area contributed by atoms with Crippen LogP contribution in [0, 0.1) is 0 Å². The van der Waals surface area contributed by atoms with E-state index >= 15 is 0 Å². The molecule has 28 heavy (non-hydrogen) atoms. The topological polar surface area (TPSA) is 97.0 Å². The Morgan fingerprint density at radius 2 is 1.89 bits per heavy atom. The summed E-state index contributed by atoms with van der Waals surface area (Å²) in [6.07, 6.45) is 4.17. The number of amides is 4. The Hall–Kier alpha value is -2.77. The van der Waals surface area contributed by atoms with E-state index in [1.165, 1.54) is 0 Å². The Bertz CT molecular complexity index is 803. The summed E-state index contributed by atoms with van der Waals surface area (Å²) >= 11 is 0. The monoisotopic (exact) mass is 387 g/mol. The third-order valence-electron chi connectivity index (χ3n) is 5.70. The van der Waals surface area contributed by atoms with Crippen LogP contribution in [0.1, 0.15) is 50.6 Å². The van der Waals surface area contributed by atoms with Crippen LogP contribution < -0.4 is 20.1 Å². The molecular formula is C20H25N3O5. The lowest BCUT2D eigenvalue weighted by Crippen LogP contribution is -2.49. The molecule has 1 saturated heterocycles. The minimum Gasteiger partial charge on any atom is -0.486 e. The van der Waals surface area contributed by atoms with Crippen molar-refractivity contribution in [2.45, 2.75) is 50.6 Å². The molecule has 0 radical (unpaired) electrons.